The molecule has 3 aromatic carbocycles. The van der Waals surface area contributed by atoms with E-state index in [1.807, 2.05) is 80.6 Å². The van der Waals surface area contributed by atoms with Crippen LogP contribution in [0.5, 0.6) is 5.75 Å². The van der Waals surface area contributed by atoms with Crippen molar-refractivity contribution in [3.05, 3.63) is 83.9 Å². The normalized spacial score (nSPS) is 11.5. The second kappa shape index (κ2) is 12.8. The molecule has 0 aliphatic rings. The highest BCUT2D eigenvalue weighted by atomic mass is 32.2. The highest BCUT2D eigenvalue weighted by Gasteiger charge is 2.18. The Labute approximate surface area is 206 Å². The molecule has 0 saturated carbocycles. The van der Waals surface area contributed by atoms with Gasteiger partial charge in [-0.2, -0.15) is 0 Å². The first kappa shape index (κ1) is 25.4. The number of aryl methyl sites for hydroxylation is 1. The number of rotatable bonds is 11. The van der Waals surface area contributed by atoms with E-state index < -0.39 is 0 Å². The molecule has 2 N–H and O–H groups in total. The molecule has 6 heteroatoms. The van der Waals surface area contributed by atoms with Gasteiger partial charge in [0.25, 0.3) is 5.91 Å². The van der Waals surface area contributed by atoms with Gasteiger partial charge in [0.2, 0.25) is 5.91 Å². The van der Waals surface area contributed by atoms with Crippen molar-refractivity contribution in [1.29, 1.82) is 0 Å². The molecule has 0 aliphatic heterocycles. The average Bonchev–Trinajstić information content (AvgIpc) is 2.84. The zero-order valence-electron chi connectivity index (χ0n) is 20.0. The number of nitrogens with one attached hydrogen (secondary N) is 2. The van der Waals surface area contributed by atoms with Gasteiger partial charge in [-0.1, -0.05) is 44.0 Å². The Morgan fingerprint density at radius 2 is 1.68 bits per heavy atom. The van der Waals surface area contributed by atoms with E-state index in [1.165, 1.54) is 11.8 Å². The van der Waals surface area contributed by atoms with Crippen molar-refractivity contribution in [2.75, 3.05) is 17.2 Å². The standard InChI is InChI=1S/C28H32N2O3S/c1-4-6-17-33-24-15-13-22(14-16-24)29-28(32)26(5-2)34-25-12-8-11-23(19-25)30-27(31)21-10-7-9-20(3)18-21/h7-16,18-19,26H,4-6,17H2,1-3H3,(H,29,32)(H,30,31). The van der Waals surface area contributed by atoms with Crippen molar-refractivity contribution < 1.29 is 14.3 Å². The monoisotopic (exact) mass is 476 g/mol. The van der Waals surface area contributed by atoms with E-state index in [-0.39, 0.29) is 17.1 Å². The van der Waals surface area contributed by atoms with E-state index in [4.69, 9.17) is 4.74 Å². The number of hydrogen-bond donors (Lipinski definition) is 2. The van der Waals surface area contributed by atoms with E-state index in [2.05, 4.69) is 17.6 Å². The largest absolute Gasteiger partial charge is 0.494 e. The van der Waals surface area contributed by atoms with Crippen LogP contribution in [0.3, 0.4) is 0 Å². The lowest BCUT2D eigenvalue weighted by atomic mass is 10.1. The zero-order chi connectivity index (χ0) is 24.3. The second-order valence-electron chi connectivity index (χ2n) is 8.08. The van der Waals surface area contributed by atoms with Crippen LogP contribution in [0.2, 0.25) is 0 Å². The molecule has 3 rings (SSSR count). The van der Waals surface area contributed by atoms with E-state index >= 15 is 0 Å². The van der Waals surface area contributed by atoms with Gasteiger partial charge >= 0.3 is 0 Å². The van der Waals surface area contributed by atoms with Gasteiger partial charge in [-0.3, -0.25) is 9.59 Å². The van der Waals surface area contributed by atoms with Crippen LogP contribution in [0.4, 0.5) is 11.4 Å². The summed E-state index contributed by atoms with van der Waals surface area (Å²) in [6, 6.07) is 22.5. The number of hydrogen-bond acceptors (Lipinski definition) is 4. The summed E-state index contributed by atoms with van der Waals surface area (Å²) in [4.78, 5) is 26.4. The molecule has 0 heterocycles. The van der Waals surface area contributed by atoms with E-state index in [1.54, 1.807) is 6.07 Å². The van der Waals surface area contributed by atoms with Crippen LogP contribution in [0.1, 0.15) is 49.0 Å². The Morgan fingerprint density at radius 3 is 2.38 bits per heavy atom. The molecule has 1 unspecified atom stereocenters. The minimum atomic E-state index is -0.261. The minimum absolute atomic E-state index is 0.0543. The second-order valence-corrected chi connectivity index (χ2v) is 9.36. The molecule has 178 valence electrons. The molecular weight excluding hydrogens is 444 g/mol. The van der Waals surface area contributed by atoms with E-state index in [0.717, 1.165) is 34.7 Å². The Balaban J connectivity index is 1.59. The number of amides is 2. The van der Waals surface area contributed by atoms with Crippen LogP contribution in [-0.2, 0) is 4.79 Å². The Morgan fingerprint density at radius 1 is 0.912 bits per heavy atom. The summed E-state index contributed by atoms with van der Waals surface area (Å²) in [5, 5.41) is 5.68. The number of benzene rings is 3. The average molecular weight is 477 g/mol. The Hall–Kier alpha value is -3.25. The fourth-order valence-corrected chi connectivity index (χ4v) is 4.33. The van der Waals surface area contributed by atoms with Crippen LogP contribution in [-0.4, -0.2) is 23.7 Å². The van der Waals surface area contributed by atoms with Crippen molar-refractivity contribution in [2.24, 2.45) is 0 Å². The number of ether oxygens (including phenoxy) is 1. The maximum Gasteiger partial charge on any atom is 0.255 e. The summed E-state index contributed by atoms with van der Waals surface area (Å²) in [6.07, 6.45) is 2.78. The number of unbranched alkanes of at least 4 members (excludes halogenated alkanes) is 1. The maximum absolute atomic E-state index is 12.9. The zero-order valence-corrected chi connectivity index (χ0v) is 20.8. The summed E-state index contributed by atoms with van der Waals surface area (Å²) in [6.45, 7) is 6.77. The van der Waals surface area contributed by atoms with Crippen LogP contribution >= 0.6 is 11.8 Å². The SMILES string of the molecule is CCCCOc1ccc(NC(=O)C(CC)Sc2cccc(NC(=O)c3cccc(C)c3)c2)cc1. The number of anilines is 2. The lowest BCUT2D eigenvalue weighted by Crippen LogP contribution is -2.24. The van der Waals surface area contributed by atoms with E-state index in [0.29, 0.717) is 24.3 Å². The first-order valence-electron chi connectivity index (χ1n) is 11.7. The molecule has 0 aliphatic carbocycles. The predicted molar refractivity (Wildman–Crippen MR) is 141 cm³/mol. The van der Waals surface area contributed by atoms with Gasteiger partial charge in [0.1, 0.15) is 5.75 Å². The predicted octanol–water partition coefficient (Wildman–Crippen LogP) is 6.94. The lowest BCUT2D eigenvalue weighted by Gasteiger charge is -2.16. The summed E-state index contributed by atoms with van der Waals surface area (Å²) < 4.78 is 5.68. The minimum Gasteiger partial charge on any atom is -0.494 e. The van der Waals surface area contributed by atoms with Crippen molar-refractivity contribution in [3.8, 4) is 5.75 Å². The van der Waals surface area contributed by atoms with Gasteiger partial charge in [-0.25, -0.2) is 0 Å². The third-order valence-electron chi connectivity index (χ3n) is 5.20. The molecule has 0 radical (unpaired) electrons. The smallest absolute Gasteiger partial charge is 0.255 e. The van der Waals surface area contributed by atoms with Gasteiger partial charge in [0.05, 0.1) is 11.9 Å². The molecule has 3 aromatic rings. The fraction of sp³-hybridized carbons (Fsp3) is 0.286. The molecule has 34 heavy (non-hydrogen) atoms. The molecule has 0 bridgehead atoms. The van der Waals surface area contributed by atoms with Crippen LogP contribution in [0.15, 0.2) is 77.7 Å². The van der Waals surface area contributed by atoms with Gasteiger partial charge in [0, 0.05) is 21.8 Å². The number of thioether (sulfide) groups is 1. The molecule has 2 amide bonds. The van der Waals surface area contributed by atoms with Gasteiger partial charge in [-0.05, 0) is 74.4 Å². The van der Waals surface area contributed by atoms with Gasteiger partial charge in [0.15, 0.2) is 0 Å². The highest BCUT2D eigenvalue weighted by Crippen LogP contribution is 2.29. The van der Waals surface area contributed by atoms with Crippen LogP contribution < -0.4 is 15.4 Å². The highest BCUT2D eigenvalue weighted by molar-refractivity contribution is 8.00. The van der Waals surface area contributed by atoms with Gasteiger partial charge in [-0.15, -0.1) is 11.8 Å². The van der Waals surface area contributed by atoms with E-state index in [9.17, 15) is 9.59 Å². The van der Waals surface area contributed by atoms with Crippen molar-refractivity contribution in [2.45, 2.75) is 50.2 Å². The third kappa shape index (κ3) is 7.66. The summed E-state index contributed by atoms with van der Waals surface area (Å²) in [7, 11) is 0. The molecule has 0 fully saturated rings. The number of carbonyl (C=O) groups is 2. The third-order valence-corrected chi connectivity index (χ3v) is 6.56. The van der Waals surface area contributed by atoms with Crippen molar-refractivity contribution in [1.82, 2.24) is 0 Å². The van der Waals surface area contributed by atoms with Crippen molar-refractivity contribution in [3.63, 3.8) is 0 Å². The first-order chi connectivity index (χ1) is 16.5. The maximum atomic E-state index is 12.9. The number of carbonyl (C=O) groups excluding carboxylic acids is 2. The summed E-state index contributed by atoms with van der Waals surface area (Å²) >= 11 is 1.48. The fourth-order valence-electron chi connectivity index (χ4n) is 3.31. The Bertz CT molecular complexity index is 1100. The molecule has 0 spiro atoms. The Kier molecular flexibility index (Phi) is 9.59. The molecular formula is C28H32N2O3S. The van der Waals surface area contributed by atoms with Crippen molar-refractivity contribution >= 4 is 35.0 Å². The molecule has 0 aromatic heterocycles. The first-order valence-corrected chi connectivity index (χ1v) is 12.5. The summed E-state index contributed by atoms with van der Waals surface area (Å²) in [5.41, 5.74) is 3.09. The molecule has 0 saturated heterocycles. The molecule has 1 atom stereocenters. The summed E-state index contributed by atoms with van der Waals surface area (Å²) in [5.74, 6) is 0.594. The molecule has 5 nitrogen and oxygen atoms in total. The van der Waals surface area contributed by atoms with Crippen LogP contribution in [0.25, 0.3) is 0 Å². The topological polar surface area (TPSA) is 67.4 Å². The lowest BCUT2D eigenvalue weighted by molar-refractivity contribution is -0.115. The van der Waals surface area contributed by atoms with Gasteiger partial charge < -0.3 is 15.4 Å². The quantitative estimate of drug-likeness (QED) is 0.232. The van der Waals surface area contributed by atoms with Crippen LogP contribution in [0, 0.1) is 6.92 Å².